The standard InChI is InChI=1S/C30H38FN3O3/c1-7-34(15-14-24-17-27(33-37-24)20(2)8-9-21(3)29(35)36)19-22-10-12-25(26(16-22)30(4,5)6)23-11-13-28(31)32-18-23/h8-13,16,18,24H,7,14-15,17,19H2,1-6H3,(H,35,36). The summed E-state index contributed by atoms with van der Waals surface area (Å²) >= 11 is 0. The van der Waals surface area contributed by atoms with E-state index in [1.54, 1.807) is 31.3 Å². The van der Waals surface area contributed by atoms with Gasteiger partial charge in [-0.2, -0.15) is 4.39 Å². The zero-order chi connectivity index (χ0) is 27.2. The number of aliphatic carboxylic acids is 1. The van der Waals surface area contributed by atoms with Gasteiger partial charge in [-0.05, 0) is 60.2 Å². The van der Waals surface area contributed by atoms with E-state index in [4.69, 9.17) is 9.94 Å². The Morgan fingerprint density at radius 2 is 1.97 bits per heavy atom. The molecule has 2 aromatic rings. The second kappa shape index (κ2) is 12.3. The van der Waals surface area contributed by atoms with Gasteiger partial charge >= 0.3 is 5.97 Å². The monoisotopic (exact) mass is 507 g/mol. The lowest BCUT2D eigenvalue weighted by atomic mass is 9.81. The molecule has 1 aromatic carbocycles. The van der Waals surface area contributed by atoms with Crippen molar-refractivity contribution in [2.75, 3.05) is 13.1 Å². The van der Waals surface area contributed by atoms with Crippen LogP contribution in [0.4, 0.5) is 4.39 Å². The topological polar surface area (TPSA) is 75.0 Å². The van der Waals surface area contributed by atoms with Crippen LogP contribution in [0.1, 0.15) is 65.5 Å². The first-order valence-corrected chi connectivity index (χ1v) is 12.8. The Morgan fingerprint density at radius 3 is 2.59 bits per heavy atom. The third-order valence-electron chi connectivity index (χ3n) is 6.66. The van der Waals surface area contributed by atoms with Gasteiger partial charge < -0.3 is 9.94 Å². The minimum absolute atomic E-state index is 0.00967. The molecule has 37 heavy (non-hydrogen) atoms. The normalized spacial score (nSPS) is 16.6. The first-order chi connectivity index (χ1) is 17.5. The fourth-order valence-electron chi connectivity index (χ4n) is 4.26. The molecule has 0 radical (unpaired) electrons. The molecule has 3 rings (SSSR count). The van der Waals surface area contributed by atoms with Gasteiger partial charge in [-0.25, -0.2) is 9.78 Å². The molecule has 0 bridgehead atoms. The number of pyridine rings is 1. The molecule has 1 unspecified atom stereocenters. The van der Waals surface area contributed by atoms with Crippen molar-refractivity contribution in [3.63, 3.8) is 0 Å². The van der Waals surface area contributed by atoms with Crippen molar-refractivity contribution in [3.8, 4) is 11.1 Å². The maximum atomic E-state index is 13.4. The van der Waals surface area contributed by atoms with Crippen molar-refractivity contribution in [2.45, 2.75) is 72.4 Å². The number of hydrogen-bond acceptors (Lipinski definition) is 5. The highest BCUT2D eigenvalue weighted by Crippen LogP contribution is 2.34. The summed E-state index contributed by atoms with van der Waals surface area (Å²) in [5.74, 6) is -1.40. The average molecular weight is 508 g/mol. The average Bonchev–Trinajstić information content (AvgIpc) is 3.34. The number of aromatic nitrogens is 1. The molecule has 0 fully saturated rings. The fourth-order valence-corrected chi connectivity index (χ4v) is 4.26. The molecule has 0 spiro atoms. The smallest absolute Gasteiger partial charge is 0.331 e. The molecule has 198 valence electrons. The molecular weight excluding hydrogens is 469 g/mol. The van der Waals surface area contributed by atoms with E-state index in [0.717, 1.165) is 48.5 Å². The van der Waals surface area contributed by atoms with E-state index < -0.39 is 11.9 Å². The Labute approximate surface area is 219 Å². The lowest BCUT2D eigenvalue weighted by Gasteiger charge is -2.26. The summed E-state index contributed by atoms with van der Waals surface area (Å²) in [6.45, 7) is 14.8. The molecule has 6 nitrogen and oxygen atoms in total. The molecule has 2 heterocycles. The second-order valence-electron chi connectivity index (χ2n) is 10.6. The predicted octanol–water partition coefficient (Wildman–Crippen LogP) is 6.52. The number of carboxylic acids is 1. The fraction of sp³-hybridized carbons (Fsp3) is 0.433. The first kappa shape index (κ1) is 28.3. The van der Waals surface area contributed by atoms with Crippen molar-refractivity contribution in [3.05, 3.63) is 76.9 Å². The maximum Gasteiger partial charge on any atom is 0.331 e. The van der Waals surface area contributed by atoms with E-state index >= 15 is 0 Å². The maximum absolute atomic E-state index is 13.4. The highest BCUT2D eigenvalue weighted by atomic mass is 19.1. The highest BCUT2D eigenvalue weighted by Gasteiger charge is 2.23. The van der Waals surface area contributed by atoms with Crippen molar-refractivity contribution in [2.24, 2.45) is 5.16 Å². The Balaban J connectivity index is 1.63. The minimum Gasteiger partial charge on any atom is -0.478 e. The van der Waals surface area contributed by atoms with Crippen molar-refractivity contribution in [1.82, 2.24) is 9.88 Å². The molecule has 1 aromatic heterocycles. The zero-order valence-corrected chi connectivity index (χ0v) is 22.7. The van der Waals surface area contributed by atoms with Crippen LogP contribution in [0.2, 0.25) is 0 Å². The van der Waals surface area contributed by atoms with Crippen LogP contribution in [-0.4, -0.2) is 45.9 Å². The number of nitrogens with zero attached hydrogens (tertiary/aromatic N) is 3. The lowest BCUT2D eigenvalue weighted by Crippen LogP contribution is -2.27. The van der Waals surface area contributed by atoms with Crippen LogP contribution in [0, 0.1) is 5.95 Å². The van der Waals surface area contributed by atoms with Crippen LogP contribution in [-0.2, 0) is 21.6 Å². The van der Waals surface area contributed by atoms with Gasteiger partial charge in [-0.1, -0.05) is 63.2 Å². The van der Waals surface area contributed by atoms with Crippen molar-refractivity contribution in [1.29, 1.82) is 0 Å². The molecule has 0 saturated heterocycles. The van der Waals surface area contributed by atoms with Gasteiger partial charge in [0.1, 0.15) is 6.10 Å². The molecule has 7 heteroatoms. The number of carboxylic acid groups (broad SMARTS) is 1. The summed E-state index contributed by atoms with van der Waals surface area (Å²) in [5.41, 5.74) is 6.42. The summed E-state index contributed by atoms with van der Waals surface area (Å²) in [6, 6.07) is 9.71. The van der Waals surface area contributed by atoms with E-state index in [2.05, 4.69) is 60.9 Å². The van der Waals surface area contributed by atoms with E-state index in [-0.39, 0.29) is 17.1 Å². The molecular formula is C30H38FN3O3. The number of allylic oxidation sites excluding steroid dienone is 3. The third-order valence-corrected chi connectivity index (χ3v) is 6.66. The van der Waals surface area contributed by atoms with Gasteiger partial charge in [0.25, 0.3) is 0 Å². The second-order valence-corrected chi connectivity index (χ2v) is 10.6. The number of rotatable bonds is 10. The minimum atomic E-state index is -0.928. The molecule has 0 saturated carbocycles. The quantitative estimate of drug-likeness (QED) is 0.225. The van der Waals surface area contributed by atoms with Crippen LogP contribution in [0.3, 0.4) is 0 Å². The predicted molar refractivity (Wildman–Crippen MR) is 146 cm³/mol. The van der Waals surface area contributed by atoms with E-state index in [0.29, 0.717) is 6.42 Å². The van der Waals surface area contributed by atoms with Crippen LogP contribution in [0.5, 0.6) is 0 Å². The molecule has 0 aliphatic carbocycles. The Morgan fingerprint density at radius 1 is 1.22 bits per heavy atom. The number of oxime groups is 1. The largest absolute Gasteiger partial charge is 0.478 e. The summed E-state index contributed by atoms with van der Waals surface area (Å²) in [4.78, 5) is 22.9. The summed E-state index contributed by atoms with van der Waals surface area (Å²) in [6.07, 6.45) is 6.55. The SMILES string of the molecule is CCN(CCC1CC(C(C)=CC=C(C)C(=O)O)=NO1)Cc1ccc(-c2ccc(F)nc2)c(C(C)(C)C)c1. The summed E-state index contributed by atoms with van der Waals surface area (Å²) in [7, 11) is 0. The van der Waals surface area contributed by atoms with Crippen molar-refractivity contribution < 1.29 is 19.1 Å². The first-order valence-electron chi connectivity index (χ1n) is 12.8. The van der Waals surface area contributed by atoms with Gasteiger partial charge in [0, 0.05) is 43.3 Å². The van der Waals surface area contributed by atoms with Gasteiger partial charge in [0.15, 0.2) is 0 Å². The van der Waals surface area contributed by atoms with Gasteiger partial charge in [-0.3, -0.25) is 4.90 Å². The van der Waals surface area contributed by atoms with E-state index in [1.165, 1.54) is 17.2 Å². The van der Waals surface area contributed by atoms with Crippen LogP contribution < -0.4 is 0 Å². The number of carbonyl (C=O) groups is 1. The van der Waals surface area contributed by atoms with Gasteiger partial charge in [0.05, 0.1) is 5.71 Å². The van der Waals surface area contributed by atoms with E-state index in [9.17, 15) is 9.18 Å². The Bertz CT molecular complexity index is 1190. The molecule has 1 N–H and O–H groups in total. The van der Waals surface area contributed by atoms with Gasteiger partial charge in [0.2, 0.25) is 5.95 Å². The summed E-state index contributed by atoms with van der Waals surface area (Å²) in [5, 5.41) is 13.2. The van der Waals surface area contributed by atoms with Crippen LogP contribution in [0.15, 0.2) is 65.0 Å². The Kier molecular flexibility index (Phi) is 9.38. The molecule has 1 aliphatic heterocycles. The summed E-state index contributed by atoms with van der Waals surface area (Å²) < 4.78 is 13.4. The highest BCUT2D eigenvalue weighted by molar-refractivity contribution is 6.00. The van der Waals surface area contributed by atoms with Crippen molar-refractivity contribution >= 4 is 11.7 Å². The van der Waals surface area contributed by atoms with Crippen LogP contribution >= 0.6 is 0 Å². The lowest BCUT2D eigenvalue weighted by molar-refractivity contribution is -0.132. The number of benzene rings is 1. The van der Waals surface area contributed by atoms with Gasteiger partial charge in [-0.15, -0.1) is 0 Å². The number of halogens is 1. The zero-order valence-electron chi connectivity index (χ0n) is 22.7. The molecule has 1 atom stereocenters. The molecule has 0 amide bonds. The third kappa shape index (κ3) is 7.83. The number of hydrogen-bond donors (Lipinski definition) is 1. The molecule has 1 aliphatic rings. The Hall–Kier alpha value is -3.32. The van der Waals surface area contributed by atoms with E-state index in [1.807, 2.05) is 6.92 Å². The van der Waals surface area contributed by atoms with Crippen LogP contribution in [0.25, 0.3) is 11.1 Å².